The van der Waals surface area contributed by atoms with Crippen molar-refractivity contribution in [2.24, 2.45) is 5.73 Å². The van der Waals surface area contributed by atoms with Gasteiger partial charge in [-0.3, -0.25) is 0 Å². The van der Waals surface area contributed by atoms with E-state index >= 15 is 0 Å². The SMILES string of the molecule is NC1C=CC(c2nc(Cc3ccc(F)cc3)no2)C1. The molecule has 1 heterocycles. The lowest BCUT2D eigenvalue weighted by Gasteiger charge is -2.02. The van der Waals surface area contributed by atoms with Crippen LogP contribution in [0.5, 0.6) is 0 Å². The van der Waals surface area contributed by atoms with Gasteiger partial charge in [-0.25, -0.2) is 4.39 Å². The first-order chi connectivity index (χ1) is 9.20. The van der Waals surface area contributed by atoms with Gasteiger partial charge in [0.15, 0.2) is 5.82 Å². The summed E-state index contributed by atoms with van der Waals surface area (Å²) in [6.07, 6.45) is 5.29. The largest absolute Gasteiger partial charge is 0.339 e. The number of allylic oxidation sites excluding steroid dienone is 1. The zero-order valence-corrected chi connectivity index (χ0v) is 10.3. The number of nitrogens with zero attached hydrogens (tertiary/aromatic N) is 2. The van der Waals surface area contributed by atoms with Gasteiger partial charge in [-0.15, -0.1) is 0 Å². The molecule has 0 saturated heterocycles. The molecule has 0 spiro atoms. The number of hydrogen-bond acceptors (Lipinski definition) is 4. The first-order valence-electron chi connectivity index (χ1n) is 6.21. The van der Waals surface area contributed by atoms with E-state index in [2.05, 4.69) is 10.1 Å². The molecule has 3 rings (SSSR count). The van der Waals surface area contributed by atoms with Crippen LogP contribution in [0.25, 0.3) is 0 Å². The maximum Gasteiger partial charge on any atom is 0.233 e. The Kier molecular flexibility index (Phi) is 3.13. The molecule has 1 aromatic carbocycles. The highest BCUT2D eigenvalue weighted by Crippen LogP contribution is 2.26. The monoisotopic (exact) mass is 259 g/mol. The minimum absolute atomic E-state index is 0.0671. The van der Waals surface area contributed by atoms with Gasteiger partial charge < -0.3 is 10.3 Å². The van der Waals surface area contributed by atoms with Crippen LogP contribution in [0.2, 0.25) is 0 Å². The molecule has 0 radical (unpaired) electrons. The van der Waals surface area contributed by atoms with Gasteiger partial charge >= 0.3 is 0 Å². The highest BCUT2D eigenvalue weighted by atomic mass is 19.1. The van der Waals surface area contributed by atoms with Crippen molar-refractivity contribution in [1.82, 2.24) is 10.1 Å². The fourth-order valence-electron chi connectivity index (χ4n) is 2.19. The molecule has 2 atom stereocenters. The van der Waals surface area contributed by atoms with Gasteiger partial charge in [0.1, 0.15) is 5.82 Å². The maximum atomic E-state index is 12.8. The molecule has 0 amide bonds. The number of rotatable bonds is 3. The molecule has 1 aliphatic carbocycles. The van der Waals surface area contributed by atoms with Crippen molar-refractivity contribution in [2.45, 2.75) is 24.8 Å². The summed E-state index contributed by atoms with van der Waals surface area (Å²) in [5.74, 6) is 1.07. The molecule has 0 aliphatic heterocycles. The quantitative estimate of drug-likeness (QED) is 0.858. The van der Waals surface area contributed by atoms with Crippen LogP contribution in [0.15, 0.2) is 40.9 Å². The third-order valence-electron chi connectivity index (χ3n) is 3.19. The number of halogens is 1. The van der Waals surface area contributed by atoms with Crippen LogP contribution in [0, 0.1) is 5.82 Å². The van der Waals surface area contributed by atoms with E-state index in [0.29, 0.717) is 18.1 Å². The van der Waals surface area contributed by atoms with Gasteiger partial charge in [0.25, 0.3) is 0 Å². The Morgan fingerprint density at radius 3 is 2.74 bits per heavy atom. The Hall–Kier alpha value is -2.01. The molecule has 4 nitrogen and oxygen atoms in total. The third kappa shape index (κ3) is 2.71. The van der Waals surface area contributed by atoms with Crippen molar-refractivity contribution in [2.75, 3.05) is 0 Å². The summed E-state index contributed by atoms with van der Waals surface area (Å²) in [5.41, 5.74) is 6.75. The second-order valence-electron chi connectivity index (χ2n) is 4.74. The first-order valence-corrected chi connectivity index (χ1v) is 6.21. The Morgan fingerprint density at radius 2 is 2.05 bits per heavy atom. The summed E-state index contributed by atoms with van der Waals surface area (Å²) in [5, 5.41) is 3.95. The topological polar surface area (TPSA) is 64.9 Å². The average Bonchev–Trinajstić information content (AvgIpc) is 3.01. The summed E-state index contributed by atoms with van der Waals surface area (Å²) >= 11 is 0. The molecule has 19 heavy (non-hydrogen) atoms. The Morgan fingerprint density at radius 1 is 1.26 bits per heavy atom. The van der Waals surface area contributed by atoms with E-state index in [4.69, 9.17) is 10.3 Å². The highest BCUT2D eigenvalue weighted by Gasteiger charge is 2.22. The zero-order valence-electron chi connectivity index (χ0n) is 10.3. The van der Waals surface area contributed by atoms with Crippen LogP contribution in [-0.4, -0.2) is 16.2 Å². The van der Waals surface area contributed by atoms with E-state index in [-0.39, 0.29) is 17.8 Å². The van der Waals surface area contributed by atoms with E-state index in [1.54, 1.807) is 12.1 Å². The van der Waals surface area contributed by atoms with E-state index in [1.165, 1.54) is 12.1 Å². The predicted molar refractivity (Wildman–Crippen MR) is 68.0 cm³/mol. The van der Waals surface area contributed by atoms with E-state index in [1.807, 2.05) is 12.2 Å². The second-order valence-corrected chi connectivity index (χ2v) is 4.74. The molecule has 2 aromatic rings. The van der Waals surface area contributed by atoms with Crippen molar-refractivity contribution in [3.8, 4) is 0 Å². The number of aromatic nitrogens is 2. The highest BCUT2D eigenvalue weighted by molar-refractivity contribution is 5.20. The molecular formula is C14H14FN3O. The van der Waals surface area contributed by atoms with Crippen molar-refractivity contribution >= 4 is 0 Å². The predicted octanol–water partition coefficient (Wildman–Crippen LogP) is 2.17. The Labute approximate surface area is 110 Å². The lowest BCUT2D eigenvalue weighted by Crippen LogP contribution is -2.14. The van der Waals surface area contributed by atoms with Crippen molar-refractivity contribution in [3.63, 3.8) is 0 Å². The van der Waals surface area contributed by atoms with Crippen LogP contribution in [0.1, 0.15) is 29.6 Å². The first kappa shape index (κ1) is 12.0. The normalized spacial score (nSPS) is 22.0. The minimum atomic E-state index is -0.248. The van der Waals surface area contributed by atoms with Crippen LogP contribution in [-0.2, 0) is 6.42 Å². The smallest absolute Gasteiger partial charge is 0.233 e. The van der Waals surface area contributed by atoms with Crippen molar-refractivity contribution in [3.05, 3.63) is 59.5 Å². The molecule has 0 bridgehead atoms. The molecule has 2 unspecified atom stereocenters. The number of benzene rings is 1. The van der Waals surface area contributed by atoms with Gasteiger partial charge in [0, 0.05) is 12.5 Å². The van der Waals surface area contributed by atoms with Gasteiger partial charge in [0.2, 0.25) is 5.89 Å². The summed E-state index contributed by atoms with van der Waals surface area (Å²) in [6.45, 7) is 0. The zero-order chi connectivity index (χ0) is 13.2. The average molecular weight is 259 g/mol. The second kappa shape index (κ2) is 4.93. The molecule has 0 saturated carbocycles. The lowest BCUT2D eigenvalue weighted by molar-refractivity contribution is 0.360. The molecule has 0 fully saturated rings. The van der Waals surface area contributed by atoms with Gasteiger partial charge in [-0.2, -0.15) is 4.98 Å². The van der Waals surface area contributed by atoms with E-state index in [9.17, 15) is 4.39 Å². The fraction of sp³-hybridized carbons (Fsp3) is 0.286. The standard InChI is InChI=1S/C14H14FN3O/c15-11-4-1-9(2-5-11)7-13-17-14(19-18-13)10-3-6-12(16)8-10/h1-6,10,12H,7-8,16H2. The van der Waals surface area contributed by atoms with E-state index in [0.717, 1.165) is 12.0 Å². The van der Waals surface area contributed by atoms with Crippen molar-refractivity contribution in [1.29, 1.82) is 0 Å². The summed E-state index contributed by atoms with van der Waals surface area (Å²) in [6, 6.07) is 6.36. The van der Waals surface area contributed by atoms with Crippen LogP contribution < -0.4 is 5.73 Å². The molecule has 5 heteroatoms. The molecule has 1 aromatic heterocycles. The van der Waals surface area contributed by atoms with Gasteiger partial charge in [-0.1, -0.05) is 29.4 Å². The molecule has 2 N–H and O–H groups in total. The fourth-order valence-corrected chi connectivity index (χ4v) is 2.19. The van der Waals surface area contributed by atoms with Crippen molar-refractivity contribution < 1.29 is 8.91 Å². The summed E-state index contributed by atoms with van der Waals surface area (Å²) < 4.78 is 18.1. The Balaban J connectivity index is 1.71. The van der Waals surface area contributed by atoms with Gasteiger partial charge in [0.05, 0.1) is 5.92 Å². The molecule has 98 valence electrons. The van der Waals surface area contributed by atoms with Gasteiger partial charge in [-0.05, 0) is 24.1 Å². The van der Waals surface area contributed by atoms with Crippen LogP contribution in [0.3, 0.4) is 0 Å². The van der Waals surface area contributed by atoms with E-state index < -0.39 is 0 Å². The molecular weight excluding hydrogens is 245 g/mol. The maximum absolute atomic E-state index is 12.8. The van der Waals surface area contributed by atoms with Crippen LogP contribution in [0.4, 0.5) is 4.39 Å². The minimum Gasteiger partial charge on any atom is -0.339 e. The summed E-state index contributed by atoms with van der Waals surface area (Å²) in [4.78, 5) is 4.37. The lowest BCUT2D eigenvalue weighted by atomic mass is 10.1. The number of hydrogen-bond donors (Lipinski definition) is 1. The number of nitrogens with two attached hydrogens (primary N) is 1. The Bertz CT molecular complexity index is 591. The third-order valence-corrected chi connectivity index (χ3v) is 3.19. The van der Waals surface area contributed by atoms with Crippen LogP contribution >= 0.6 is 0 Å². The molecule has 1 aliphatic rings. The summed E-state index contributed by atoms with van der Waals surface area (Å²) in [7, 11) is 0.